The van der Waals surface area contributed by atoms with Crippen LogP contribution in [0.5, 0.6) is 0 Å². The second-order valence-electron chi connectivity index (χ2n) is 10.1. The molecule has 1 spiro atoms. The number of carbonyl (C=O) groups is 1. The highest BCUT2D eigenvalue weighted by Crippen LogP contribution is 2.59. The fourth-order valence-corrected chi connectivity index (χ4v) is 5.67. The van der Waals surface area contributed by atoms with Crippen LogP contribution in [0.15, 0.2) is 11.6 Å². The van der Waals surface area contributed by atoms with Gasteiger partial charge in [-0.1, -0.05) is 11.6 Å². The molecule has 7 nitrogen and oxygen atoms in total. The van der Waals surface area contributed by atoms with Gasteiger partial charge in [0.1, 0.15) is 23.4 Å². The van der Waals surface area contributed by atoms with E-state index in [0.29, 0.717) is 0 Å². The van der Waals surface area contributed by atoms with Crippen LogP contribution in [0.1, 0.15) is 65.7 Å². The molecule has 2 saturated carbocycles. The van der Waals surface area contributed by atoms with E-state index in [9.17, 15) is 4.79 Å². The van der Waals surface area contributed by atoms with Crippen molar-refractivity contribution < 1.29 is 23.7 Å². The van der Waals surface area contributed by atoms with Crippen LogP contribution >= 0.6 is 0 Å². The predicted molar refractivity (Wildman–Crippen MR) is 113 cm³/mol. The van der Waals surface area contributed by atoms with Crippen molar-refractivity contribution in [3.63, 3.8) is 0 Å². The van der Waals surface area contributed by atoms with Crippen LogP contribution < -0.4 is 11.1 Å². The second-order valence-corrected chi connectivity index (χ2v) is 10.1. The van der Waals surface area contributed by atoms with Gasteiger partial charge in [0.15, 0.2) is 0 Å². The summed E-state index contributed by atoms with van der Waals surface area (Å²) in [5, 5.41) is 3.04. The average molecular weight is 423 g/mol. The molecule has 2 aliphatic carbocycles. The van der Waals surface area contributed by atoms with Crippen LogP contribution in [0.2, 0.25) is 0 Å². The third kappa shape index (κ3) is 4.40. The smallest absolute Gasteiger partial charge is 0.407 e. The van der Waals surface area contributed by atoms with Gasteiger partial charge in [-0.2, -0.15) is 0 Å². The number of methoxy groups -OCH3 is 1. The summed E-state index contributed by atoms with van der Waals surface area (Å²) in [6.45, 7) is 7.09. The molecule has 6 atom stereocenters. The van der Waals surface area contributed by atoms with Crippen LogP contribution in [-0.4, -0.2) is 61.4 Å². The lowest BCUT2D eigenvalue weighted by molar-refractivity contribution is -0.118. The Morgan fingerprint density at radius 2 is 1.93 bits per heavy atom. The number of ether oxygens (including phenoxy) is 4. The van der Waals surface area contributed by atoms with Crippen molar-refractivity contribution >= 4 is 6.09 Å². The lowest BCUT2D eigenvalue weighted by Crippen LogP contribution is -2.56. The van der Waals surface area contributed by atoms with Crippen LogP contribution in [0.25, 0.3) is 0 Å². The summed E-state index contributed by atoms with van der Waals surface area (Å²) in [7, 11) is 1.70. The van der Waals surface area contributed by atoms with E-state index in [1.807, 2.05) is 0 Å². The van der Waals surface area contributed by atoms with Gasteiger partial charge in [0.25, 0.3) is 0 Å². The zero-order chi connectivity index (χ0) is 21.5. The Balaban J connectivity index is 1.40. The van der Waals surface area contributed by atoms with Gasteiger partial charge in [0, 0.05) is 19.2 Å². The van der Waals surface area contributed by atoms with E-state index >= 15 is 0 Å². The molecule has 0 aromatic rings. The van der Waals surface area contributed by atoms with Gasteiger partial charge in [-0.25, -0.2) is 4.79 Å². The largest absolute Gasteiger partial charge is 0.443 e. The minimum absolute atomic E-state index is 0.0461. The third-order valence-corrected chi connectivity index (χ3v) is 7.59. The Hall–Kier alpha value is -1.15. The molecule has 2 heterocycles. The number of amides is 1. The van der Waals surface area contributed by atoms with E-state index < -0.39 is 0 Å². The van der Waals surface area contributed by atoms with Gasteiger partial charge in [-0.15, -0.1) is 0 Å². The summed E-state index contributed by atoms with van der Waals surface area (Å²) >= 11 is 0. The Morgan fingerprint density at radius 3 is 2.53 bits per heavy atom. The van der Waals surface area contributed by atoms with E-state index in [4.69, 9.17) is 24.7 Å². The van der Waals surface area contributed by atoms with Crippen LogP contribution in [0.4, 0.5) is 4.79 Å². The number of hydrogen-bond acceptors (Lipinski definition) is 6. The lowest BCUT2D eigenvalue weighted by Gasteiger charge is -2.42. The minimum Gasteiger partial charge on any atom is -0.443 e. The quantitative estimate of drug-likeness (QED) is 0.504. The zero-order valence-corrected chi connectivity index (χ0v) is 18.8. The molecule has 0 aromatic carbocycles. The van der Waals surface area contributed by atoms with E-state index in [2.05, 4.69) is 32.2 Å². The number of carbonyl (C=O) groups excluding carboxylic acids is 1. The topological polar surface area (TPSA) is 98.6 Å². The SMILES string of the molecule is COC1C(C2(C)O[C@@H]2CC=C(C)C)[C@]2(CC[C@@H]1OC(=O)NC1CCC(N)CC1)CO2. The Bertz CT molecular complexity index is 667. The van der Waals surface area contributed by atoms with Crippen molar-refractivity contribution in [3.05, 3.63) is 11.6 Å². The van der Waals surface area contributed by atoms with Gasteiger partial charge in [-0.05, 0) is 65.7 Å². The van der Waals surface area contributed by atoms with Crippen LogP contribution in [0.3, 0.4) is 0 Å². The summed E-state index contributed by atoms with van der Waals surface area (Å²) in [6, 6.07) is 0.401. The van der Waals surface area contributed by atoms with Gasteiger partial charge < -0.3 is 30.0 Å². The molecular weight excluding hydrogens is 384 g/mol. The fraction of sp³-hybridized carbons (Fsp3) is 0.870. The summed E-state index contributed by atoms with van der Waals surface area (Å²) in [5.41, 5.74) is 6.74. The molecule has 0 aromatic heterocycles. The number of hydrogen-bond donors (Lipinski definition) is 2. The summed E-state index contributed by atoms with van der Waals surface area (Å²) in [5.74, 6) is 0.0461. The Morgan fingerprint density at radius 1 is 1.23 bits per heavy atom. The van der Waals surface area contributed by atoms with Crippen molar-refractivity contribution in [2.45, 2.75) is 107 Å². The Kier molecular flexibility index (Phi) is 6.19. The number of epoxide rings is 2. The standard InChI is InChI=1S/C23H38N2O5/c1-14(2)5-10-18-22(3,30-18)20-19(27-4)17(11-12-23(20)13-28-23)29-21(26)25-16-8-6-15(24)7-9-16/h5,15-20H,6-13,24H2,1-4H3,(H,25,26)/t15?,16?,17-,18+,19?,20?,22?,23-/m0/s1. The number of nitrogens with two attached hydrogens (primary N) is 1. The molecule has 0 radical (unpaired) electrons. The lowest BCUT2D eigenvalue weighted by atomic mass is 9.68. The van der Waals surface area contributed by atoms with Crippen molar-refractivity contribution in [1.82, 2.24) is 5.32 Å². The van der Waals surface area contributed by atoms with Crippen LogP contribution in [-0.2, 0) is 18.9 Å². The monoisotopic (exact) mass is 422 g/mol. The maximum atomic E-state index is 12.6. The molecule has 3 unspecified atom stereocenters. The van der Waals surface area contributed by atoms with E-state index in [-0.39, 0.29) is 53.6 Å². The highest BCUT2D eigenvalue weighted by Gasteiger charge is 2.72. The predicted octanol–water partition coefficient (Wildman–Crippen LogP) is 3.06. The number of nitrogens with one attached hydrogen (secondary N) is 1. The average Bonchev–Trinajstić information content (AvgIpc) is 3.61. The van der Waals surface area contributed by atoms with Crippen LogP contribution in [0, 0.1) is 5.92 Å². The molecular formula is C23H38N2O5. The first-order valence-electron chi connectivity index (χ1n) is 11.5. The normalized spacial score (nSPS) is 45.0. The van der Waals surface area contributed by atoms with Gasteiger partial charge in [0.2, 0.25) is 0 Å². The summed E-state index contributed by atoms with van der Waals surface area (Å²) < 4.78 is 24.0. The number of allylic oxidation sites excluding steroid dienone is 1. The van der Waals surface area contributed by atoms with Gasteiger partial charge in [-0.3, -0.25) is 0 Å². The molecule has 2 saturated heterocycles. The molecule has 4 aliphatic rings. The number of rotatable bonds is 6. The molecule has 2 aliphatic heterocycles. The Labute approximate surface area is 180 Å². The zero-order valence-electron chi connectivity index (χ0n) is 18.8. The molecule has 4 fully saturated rings. The van der Waals surface area contributed by atoms with Gasteiger partial charge >= 0.3 is 6.09 Å². The third-order valence-electron chi connectivity index (χ3n) is 7.59. The second kappa shape index (κ2) is 8.41. The summed E-state index contributed by atoms with van der Waals surface area (Å²) in [4.78, 5) is 12.6. The van der Waals surface area contributed by atoms with Crippen molar-refractivity contribution in [2.75, 3.05) is 13.7 Å². The highest BCUT2D eigenvalue weighted by molar-refractivity contribution is 5.68. The maximum Gasteiger partial charge on any atom is 0.407 e. The highest BCUT2D eigenvalue weighted by atomic mass is 16.6. The van der Waals surface area contributed by atoms with Crippen molar-refractivity contribution in [3.8, 4) is 0 Å². The molecule has 4 rings (SSSR count). The first-order valence-corrected chi connectivity index (χ1v) is 11.5. The number of alkyl carbamates (subject to hydrolysis) is 1. The van der Waals surface area contributed by atoms with Crippen molar-refractivity contribution in [2.24, 2.45) is 11.7 Å². The fourth-order valence-electron chi connectivity index (χ4n) is 5.67. The van der Waals surface area contributed by atoms with E-state index in [1.54, 1.807) is 7.11 Å². The van der Waals surface area contributed by atoms with E-state index in [1.165, 1.54) is 5.57 Å². The van der Waals surface area contributed by atoms with Gasteiger partial charge in [0.05, 0.1) is 18.6 Å². The maximum absolute atomic E-state index is 12.6. The first-order chi connectivity index (χ1) is 14.3. The van der Waals surface area contributed by atoms with Crippen molar-refractivity contribution in [1.29, 1.82) is 0 Å². The molecule has 1 amide bonds. The molecule has 0 bridgehead atoms. The minimum atomic E-state index is -0.350. The molecule has 30 heavy (non-hydrogen) atoms. The van der Waals surface area contributed by atoms with E-state index in [0.717, 1.165) is 51.6 Å². The summed E-state index contributed by atoms with van der Waals surface area (Å²) in [6.07, 6.45) is 7.68. The first kappa shape index (κ1) is 22.1. The molecule has 3 N–H and O–H groups in total. The molecule has 170 valence electrons. The molecule has 7 heteroatoms.